The fraction of sp³-hybridized carbons (Fsp3) is 0.455. The van der Waals surface area contributed by atoms with E-state index in [1.807, 2.05) is 0 Å². The van der Waals surface area contributed by atoms with Gasteiger partial charge in [0.1, 0.15) is 5.56 Å². The van der Waals surface area contributed by atoms with E-state index in [2.05, 4.69) is 9.71 Å². The molecule has 0 saturated heterocycles. The summed E-state index contributed by atoms with van der Waals surface area (Å²) in [7, 11) is -3.52. The third-order valence-corrected chi connectivity index (χ3v) is 4.06. The van der Waals surface area contributed by atoms with Crippen molar-refractivity contribution in [1.82, 2.24) is 4.98 Å². The second-order valence-corrected chi connectivity index (χ2v) is 6.20. The van der Waals surface area contributed by atoms with Crippen molar-refractivity contribution in [1.29, 1.82) is 0 Å². The number of pyridine rings is 1. The van der Waals surface area contributed by atoms with Crippen LogP contribution in [0, 0.1) is 5.92 Å². The summed E-state index contributed by atoms with van der Waals surface area (Å²) in [6.07, 6.45) is 4.13. The molecule has 1 heterocycles. The fourth-order valence-electron chi connectivity index (χ4n) is 1.59. The first-order valence-corrected chi connectivity index (χ1v) is 7.32. The van der Waals surface area contributed by atoms with Gasteiger partial charge in [0, 0.05) is 6.20 Å². The summed E-state index contributed by atoms with van der Waals surface area (Å²) < 4.78 is 25.8. The number of hydrogen-bond acceptors (Lipinski definition) is 4. The smallest absolute Gasteiger partial charge is 0.339 e. The van der Waals surface area contributed by atoms with Gasteiger partial charge in [0.2, 0.25) is 10.0 Å². The van der Waals surface area contributed by atoms with Crippen molar-refractivity contribution in [2.24, 2.45) is 5.92 Å². The quantitative estimate of drug-likeness (QED) is 0.812. The van der Waals surface area contributed by atoms with Crippen molar-refractivity contribution >= 4 is 21.8 Å². The Kier molecular flexibility index (Phi) is 3.51. The van der Waals surface area contributed by atoms with Gasteiger partial charge in [-0.15, -0.1) is 0 Å². The van der Waals surface area contributed by atoms with Crippen LogP contribution in [0.5, 0.6) is 0 Å². The van der Waals surface area contributed by atoms with Crippen LogP contribution in [-0.4, -0.2) is 30.2 Å². The van der Waals surface area contributed by atoms with Gasteiger partial charge in [0.05, 0.1) is 5.75 Å². The average Bonchev–Trinajstić information content (AvgIpc) is 3.10. The summed E-state index contributed by atoms with van der Waals surface area (Å²) in [5.74, 6) is -0.819. The predicted octanol–water partition coefficient (Wildman–Crippen LogP) is 1.32. The molecule has 1 aliphatic rings. The lowest BCUT2D eigenvalue weighted by Crippen LogP contribution is -2.19. The van der Waals surface area contributed by atoms with E-state index < -0.39 is 16.0 Å². The number of aromatic carboxylic acids is 1. The zero-order chi connectivity index (χ0) is 13.2. The molecule has 2 rings (SSSR count). The summed E-state index contributed by atoms with van der Waals surface area (Å²) >= 11 is 0. The van der Waals surface area contributed by atoms with Crippen LogP contribution in [0.25, 0.3) is 0 Å². The summed E-state index contributed by atoms with van der Waals surface area (Å²) in [4.78, 5) is 14.7. The molecule has 0 aliphatic heterocycles. The molecule has 1 aromatic rings. The molecule has 1 aromatic heterocycles. The maximum Gasteiger partial charge on any atom is 0.339 e. The summed E-state index contributed by atoms with van der Waals surface area (Å²) in [5, 5.41) is 8.92. The van der Waals surface area contributed by atoms with Crippen molar-refractivity contribution in [2.75, 3.05) is 10.5 Å². The van der Waals surface area contributed by atoms with E-state index in [-0.39, 0.29) is 17.1 Å². The van der Waals surface area contributed by atoms with Crippen LogP contribution in [-0.2, 0) is 10.0 Å². The molecule has 1 fully saturated rings. The van der Waals surface area contributed by atoms with Crippen LogP contribution < -0.4 is 4.72 Å². The van der Waals surface area contributed by atoms with Crippen molar-refractivity contribution in [3.63, 3.8) is 0 Å². The molecule has 0 atom stereocenters. The van der Waals surface area contributed by atoms with Crippen LogP contribution in [0.1, 0.15) is 29.6 Å². The minimum absolute atomic E-state index is 0.00724. The first-order chi connectivity index (χ1) is 8.48. The molecular formula is C11H14N2O4S. The minimum atomic E-state index is -3.52. The molecule has 0 bridgehead atoms. The van der Waals surface area contributed by atoms with Gasteiger partial charge < -0.3 is 5.11 Å². The predicted molar refractivity (Wildman–Crippen MR) is 65.9 cm³/mol. The zero-order valence-corrected chi connectivity index (χ0v) is 10.5. The molecule has 1 aliphatic carbocycles. The van der Waals surface area contributed by atoms with Crippen LogP contribution in [0.2, 0.25) is 0 Å². The number of hydrogen-bond donors (Lipinski definition) is 2. The zero-order valence-electron chi connectivity index (χ0n) is 9.67. The summed E-state index contributed by atoms with van der Waals surface area (Å²) in [6, 6.07) is 2.76. The summed E-state index contributed by atoms with van der Waals surface area (Å²) in [6.45, 7) is 0. The first-order valence-electron chi connectivity index (χ1n) is 5.67. The van der Waals surface area contributed by atoms with Gasteiger partial charge in [-0.1, -0.05) is 12.8 Å². The van der Waals surface area contributed by atoms with Gasteiger partial charge in [-0.05, 0) is 24.5 Å². The number of rotatable bonds is 6. The number of nitrogens with one attached hydrogen (secondary N) is 1. The average molecular weight is 270 g/mol. The topological polar surface area (TPSA) is 96.4 Å². The number of carboxylic acid groups (broad SMARTS) is 1. The van der Waals surface area contributed by atoms with E-state index in [1.54, 1.807) is 0 Å². The van der Waals surface area contributed by atoms with Gasteiger partial charge >= 0.3 is 5.97 Å². The molecular weight excluding hydrogens is 256 g/mol. The lowest BCUT2D eigenvalue weighted by atomic mass is 10.3. The highest BCUT2D eigenvalue weighted by Gasteiger charge is 2.24. The lowest BCUT2D eigenvalue weighted by molar-refractivity contribution is 0.0697. The van der Waals surface area contributed by atoms with E-state index in [0.717, 1.165) is 12.8 Å². The van der Waals surface area contributed by atoms with E-state index >= 15 is 0 Å². The molecule has 6 nitrogen and oxygen atoms in total. The molecule has 7 heteroatoms. The standard InChI is InChI=1S/C11H14N2O4S/c14-11(15)9-2-1-6-12-10(9)13-18(16,17)7-5-8-3-4-8/h1-2,6,8H,3-5,7H2,(H,12,13)(H,14,15). The molecule has 98 valence electrons. The molecule has 0 aromatic carbocycles. The number of aromatic nitrogens is 1. The Morgan fingerprint density at radius 1 is 1.50 bits per heavy atom. The van der Waals surface area contributed by atoms with E-state index in [4.69, 9.17) is 5.11 Å². The van der Waals surface area contributed by atoms with Gasteiger partial charge in [0.15, 0.2) is 5.82 Å². The van der Waals surface area contributed by atoms with Gasteiger partial charge in [0.25, 0.3) is 0 Å². The second kappa shape index (κ2) is 4.93. The number of anilines is 1. The Labute approximate surface area is 105 Å². The highest BCUT2D eigenvalue weighted by atomic mass is 32.2. The molecule has 18 heavy (non-hydrogen) atoms. The largest absolute Gasteiger partial charge is 0.478 e. The van der Waals surface area contributed by atoms with E-state index in [9.17, 15) is 13.2 Å². The molecule has 2 N–H and O–H groups in total. The first kappa shape index (κ1) is 12.8. The monoisotopic (exact) mass is 270 g/mol. The fourth-order valence-corrected chi connectivity index (χ4v) is 2.79. The molecule has 0 radical (unpaired) electrons. The van der Waals surface area contributed by atoms with E-state index in [1.165, 1.54) is 18.3 Å². The number of sulfonamides is 1. The lowest BCUT2D eigenvalue weighted by Gasteiger charge is -2.08. The number of carboxylic acids is 1. The number of carbonyl (C=O) groups is 1. The Bertz CT molecular complexity index is 552. The van der Waals surface area contributed by atoms with Gasteiger partial charge in [-0.25, -0.2) is 18.2 Å². The van der Waals surface area contributed by atoms with Gasteiger partial charge in [-0.2, -0.15) is 0 Å². The molecule has 0 spiro atoms. The van der Waals surface area contributed by atoms with Crippen molar-refractivity contribution in [2.45, 2.75) is 19.3 Å². The third-order valence-electron chi connectivity index (χ3n) is 2.78. The second-order valence-electron chi connectivity index (χ2n) is 4.36. The molecule has 0 unspecified atom stereocenters. The molecule has 1 saturated carbocycles. The maximum absolute atomic E-state index is 11.8. The maximum atomic E-state index is 11.8. The van der Waals surface area contributed by atoms with Crippen LogP contribution in [0.15, 0.2) is 18.3 Å². The van der Waals surface area contributed by atoms with E-state index in [0.29, 0.717) is 12.3 Å². The highest BCUT2D eigenvalue weighted by Crippen LogP contribution is 2.32. The normalized spacial score (nSPS) is 15.3. The number of nitrogens with zero attached hydrogens (tertiary/aromatic N) is 1. The van der Waals surface area contributed by atoms with Crippen LogP contribution in [0.3, 0.4) is 0 Å². The Morgan fingerprint density at radius 3 is 2.83 bits per heavy atom. The van der Waals surface area contributed by atoms with Crippen molar-refractivity contribution in [3.05, 3.63) is 23.9 Å². The summed E-state index contributed by atoms with van der Waals surface area (Å²) in [5.41, 5.74) is -0.146. The highest BCUT2D eigenvalue weighted by molar-refractivity contribution is 7.92. The Morgan fingerprint density at radius 2 is 2.22 bits per heavy atom. The van der Waals surface area contributed by atoms with Crippen LogP contribution >= 0.6 is 0 Å². The SMILES string of the molecule is O=C(O)c1cccnc1NS(=O)(=O)CCC1CC1. The van der Waals surface area contributed by atoms with Gasteiger partial charge in [-0.3, -0.25) is 4.72 Å². The molecule has 0 amide bonds. The Hall–Kier alpha value is -1.63. The van der Waals surface area contributed by atoms with Crippen molar-refractivity contribution in [3.8, 4) is 0 Å². The Balaban J connectivity index is 2.09. The minimum Gasteiger partial charge on any atom is -0.478 e. The third kappa shape index (κ3) is 3.43. The van der Waals surface area contributed by atoms with Crippen molar-refractivity contribution < 1.29 is 18.3 Å². The van der Waals surface area contributed by atoms with Crippen LogP contribution in [0.4, 0.5) is 5.82 Å².